The summed E-state index contributed by atoms with van der Waals surface area (Å²) in [5.74, 6) is 1.66. The van der Waals surface area contributed by atoms with Crippen molar-refractivity contribution in [3.63, 3.8) is 0 Å². The van der Waals surface area contributed by atoms with Crippen LogP contribution in [0.4, 0.5) is 0 Å². The Balaban J connectivity index is 0. The number of carboxylic acids is 2. The zero-order valence-electron chi connectivity index (χ0n) is 11.9. The van der Waals surface area contributed by atoms with Gasteiger partial charge in [0.15, 0.2) is 0 Å². The molecule has 0 saturated heterocycles. The van der Waals surface area contributed by atoms with Crippen molar-refractivity contribution in [1.29, 1.82) is 0 Å². The smallest absolute Gasteiger partial charge is 0.550 e. The molecule has 21 heavy (non-hydrogen) atoms. The molecule has 0 fully saturated rings. The second-order valence-corrected chi connectivity index (χ2v) is 3.82. The molecule has 9 heteroatoms. The number of carbonyl (C=O) groups excluding carboxylic acids is 3. The predicted octanol–water partition coefficient (Wildman–Crippen LogP) is -8.34. The first-order valence-corrected chi connectivity index (χ1v) is 5.47. The number of hydrogen-bond acceptors (Lipinski definition) is 6. The zero-order chi connectivity index (χ0) is 14.4. The van der Waals surface area contributed by atoms with E-state index < -0.39 is 30.3 Å². The molecule has 0 aliphatic rings. The topological polar surface area (TPSA) is 127 Å². The predicted molar refractivity (Wildman–Crippen MR) is 59.8 cm³/mol. The number of aliphatic carboxylic acids is 2. The Labute approximate surface area is 166 Å². The van der Waals surface area contributed by atoms with Gasteiger partial charge in [-0.3, -0.25) is 9.80 Å². The number of rotatable bonds is 6. The molecule has 1 rings (SSSR count). The van der Waals surface area contributed by atoms with Gasteiger partial charge in [-0.2, -0.15) is 0 Å². The van der Waals surface area contributed by atoms with Crippen LogP contribution in [0.5, 0.6) is 0 Å². The standard InChI is InChI=1S/C12H14N2O5.2Na/c13-14(9(12(18)19)6-7-10(15)16)11(17)8-4-2-1-3-5-8;;/h1-5,9H,6-7,13H2,(H,15,16)(H,18,19);;/q;2*+1/p-2. The maximum Gasteiger partial charge on any atom is 1.00 e. The fourth-order valence-electron chi connectivity index (χ4n) is 1.50. The number of hydrazine groups is 1. The third kappa shape index (κ3) is 7.42. The number of carboxylic acid groups (broad SMARTS) is 2. The van der Waals surface area contributed by atoms with Gasteiger partial charge in [0, 0.05) is 11.5 Å². The van der Waals surface area contributed by atoms with Crippen LogP contribution in [-0.2, 0) is 9.59 Å². The quantitative estimate of drug-likeness (QED) is 0.241. The number of carbonyl (C=O) groups is 3. The summed E-state index contributed by atoms with van der Waals surface area (Å²) in [6.45, 7) is 0. The van der Waals surface area contributed by atoms with Crippen LogP contribution in [0, 0.1) is 0 Å². The zero-order valence-corrected chi connectivity index (χ0v) is 15.9. The van der Waals surface area contributed by atoms with E-state index in [4.69, 9.17) is 5.84 Å². The molecule has 0 spiro atoms. The van der Waals surface area contributed by atoms with Crippen LogP contribution in [0.1, 0.15) is 23.2 Å². The Morgan fingerprint density at radius 1 is 1.10 bits per heavy atom. The van der Waals surface area contributed by atoms with E-state index in [1.54, 1.807) is 18.2 Å². The summed E-state index contributed by atoms with van der Waals surface area (Å²) in [5, 5.41) is 21.7. The largest absolute Gasteiger partial charge is 1.00 e. The number of nitrogens with two attached hydrogens (primary N) is 1. The first-order valence-electron chi connectivity index (χ1n) is 5.47. The Morgan fingerprint density at radius 3 is 2.05 bits per heavy atom. The van der Waals surface area contributed by atoms with Gasteiger partial charge < -0.3 is 19.8 Å². The second kappa shape index (κ2) is 11.2. The van der Waals surface area contributed by atoms with Crippen molar-refractivity contribution in [1.82, 2.24) is 5.01 Å². The van der Waals surface area contributed by atoms with Gasteiger partial charge in [-0.25, -0.2) is 5.84 Å². The van der Waals surface area contributed by atoms with Crippen LogP contribution in [0.3, 0.4) is 0 Å². The van der Waals surface area contributed by atoms with Gasteiger partial charge in [0.1, 0.15) is 0 Å². The molecule has 1 atom stereocenters. The fourth-order valence-corrected chi connectivity index (χ4v) is 1.50. The van der Waals surface area contributed by atoms with Crippen molar-refractivity contribution < 1.29 is 83.7 Å². The third-order valence-corrected chi connectivity index (χ3v) is 2.49. The number of hydrogen-bond donors (Lipinski definition) is 1. The van der Waals surface area contributed by atoms with E-state index in [2.05, 4.69) is 0 Å². The molecular weight excluding hydrogens is 298 g/mol. The van der Waals surface area contributed by atoms with E-state index in [0.29, 0.717) is 5.01 Å². The molecule has 0 heterocycles. The summed E-state index contributed by atoms with van der Waals surface area (Å²) < 4.78 is 0. The average Bonchev–Trinajstić information content (AvgIpc) is 2.38. The Hall–Kier alpha value is -0.410. The molecule has 0 radical (unpaired) electrons. The molecule has 1 amide bonds. The fraction of sp³-hybridized carbons (Fsp3) is 0.250. The normalized spacial score (nSPS) is 10.5. The molecule has 0 aliphatic carbocycles. The van der Waals surface area contributed by atoms with E-state index in [1.807, 2.05) is 0 Å². The molecular formula is C12H12N2Na2O5. The minimum atomic E-state index is -1.62. The van der Waals surface area contributed by atoms with Crippen molar-refractivity contribution >= 4 is 17.8 Å². The van der Waals surface area contributed by atoms with E-state index in [9.17, 15) is 24.6 Å². The summed E-state index contributed by atoms with van der Waals surface area (Å²) in [6.07, 6.45) is -0.909. The Kier molecular flexibility index (Phi) is 12.2. The van der Waals surface area contributed by atoms with E-state index in [0.717, 1.165) is 0 Å². The van der Waals surface area contributed by atoms with Gasteiger partial charge in [-0.15, -0.1) is 0 Å². The first-order chi connectivity index (χ1) is 8.93. The summed E-state index contributed by atoms with van der Waals surface area (Å²) in [6, 6.07) is 6.28. The minimum absolute atomic E-state index is 0. The summed E-state index contributed by atoms with van der Waals surface area (Å²) in [5.41, 5.74) is 0.199. The Bertz CT molecular complexity index is 484. The van der Waals surface area contributed by atoms with Crippen molar-refractivity contribution in [3.8, 4) is 0 Å². The van der Waals surface area contributed by atoms with E-state index in [1.165, 1.54) is 12.1 Å². The first kappa shape index (κ1) is 22.9. The monoisotopic (exact) mass is 310 g/mol. The van der Waals surface area contributed by atoms with Crippen molar-refractivity contribution in [2.45, 2.75) is 18.9 Å². The minimum Gasteiger partial charge on any atom is -0.550 e. The second-order valence-electron chi connectivity index (χ2n) is 3.82. The summed E-state index contributed by atoms with van der Waals surface area (Å²) >= 11 is 0. The molecule has 1 aromatic rings. The summed E-state index contributed by atoms with van der Waals surface area (Å²) in [7, 11) is 0. The molecule has 0 saturated carbocycles. The van der Waals surface area contributed by atoms with Crippen molar-refractivity contribution in [3.05, 3.63) is 35.9 Å². The SMILES string of the molecule is NN(C(=O)c1ccccc1)C(CCC(=O)[O-])C(=O)[O-].[Na+].[Na+]. The van der Waals surface area contributed by atoms with E-state index in [-0.39, 0.29) is 71.1 Å². The van der Waals surface area contributed by atoms with Gasteiger partial charge in [-0.05, 0) is 25.0 Å². The van der Waals surface area contributed by atoms with Crippen molar-refractivity contribution in [2.75, 3.05) is 0 Å². The van der Waals surface area contributed by atoms with Crippen molar-refractivity contribution in [2.24, 2.45) is 5.84 Å². The number of nitrogens with zero attached hydrogens (tertiary/aromatic N) is 1. The van der Waals surface area contributed by atoms with Crippen LogP contribution in [-0.4, -0.2) is 28.9 Å². The van der Waals surface area contributed by atoms with Gasteiger partial charge in [-0.1, -0.05) is 18.2 Å². The van der Waals surface area contributed by atoms with Gasteiger partial charge >= 0.3 is 59.1 Å². The van der Waals surface area contributed by atoms with Crippen LogP contribution >= 0.6 is 0 Å². The van der Waals surface area contributed by atoms with E-state index >= 15 is 0 Å². The molecule has 0 aromatic heterocycles. The molecule has 0 bridgehead atoms. The average molecular weight is 310 g/mol. The molecule has 2 N–H and O–H groups in total. The molecule has 0 aliphatic heterocycles. The molecule has 7 nitrogen and oxygen atoms in total. The van der Waals surface area contributed by atoms with Crippen LogP contribution in [0.25, 0.3) is 0 Å². The molecule has 1 aromatic carbocycles. The third-order valence-electron chi connectivity index (χ3n) is 2.49. The van der Waals surface area contributed by atoms with Gasteiger partial charge in [0.05, 0.1) is 12.0 Å². The number of benzene rings is 1. The Morgan fingerprint density at radius 2 is 1.62 bits per heavy atom. The maximum absolute atomic E-state index is 11.9. The molecule has 1 unspecified atom stereocenters. The van der Waals surface area contributed by atoms with Gasteiger partial charge in [0.2, 0.25) is 0 Å². The maximum atomic E-state index is 11.9. The van der Waals surface area contributed by atoms with Crippen LogP contribution in [0.2, 0.25) is 0 Å². The summed E-state index contributed by atoms with van der Waals surface area (Å²) in [4.78, 5) is 33.1. The van der Waals surface area contributed by atoms with Crippen LogP contribution in [0.15, 0.2) is 30.3 Å². The number of amides is 1. The van der Waals surface area contributed by atoms with Gasteiger partial charge in [0.25, 0.3) is 5.91 Å². The van der Waals surface area contributed by atoms with Crippen LogP contribution < -0.4 is 75.2 Å². The molecule has 102 valence electrons.